The minimum Gasteiger partial charge on any atom is -0.332 e. The number of hydrogen-bond acceptors (Lipinski definition) is 3. The van der Waals surface area contributed by atoms with Gasteiger partial charge in [0.2, 0.25) is 5.91 Å². The first kappa shape index (κ1) is 15.5. The average Bonchev–Trinajstić information content (AvgIpc) is 2.95. The van der Waals surface area contributed by atoms with E-state index in [1.54, 1.807) is 6.92 Å². The van der Waals surface area contributed by atoms with Gasteiger partial charge in [0.15, 0.2) is 0 Å². The maximum Gasteiger partial charge on any atom is 0.251 e. The van der Waals surface area contributed by atoms with E-state index >= 15 is 0 Å². The number of aryl methyl sites for hydroxylation is 2. The Labute approximate surface area is 135 Å². The average molecular weight is 311 g/mol. The van der Waals surface area contributed by atoms with Gasteiger partial charge in [-0.25, -0.2) is 4.98 Å². The molecular weight excluding hydrogens is 290 g/mol. The van der Waals surface area contributed by atoms with Crippen molar-refractivity contribution in [2.45, 2.75) is 39.2 Å². The summed E-state index contributed by atoms with van der Waals surface area (Å²) in [5.74, 6) is 0.687. The molecule has 0 aliphatic carbocycles. The minimum atomic E-state index is -0.162. The van der Waals surface area contributed by atoms with Crippen LogP contribution in [0, 0.1) is 13.8 Å². The number of amides is 1. The Morgan fingerprint density at radius 3 is 2.91 bits per heavy atom. The van der Waals surface area contributed by atoms with Crippen molar-refractivity contribution in [3.05, 3.63) is 63.3 Å². The molecule has 0 spiro atoms. The third-order valence-electron chi connectivity index (χ3n) is 4.21. The van der Waals surface area contributed by atoms with Crippen LogP contribution in [0.2, 0.25) is 0 Å². The molecule has 0 bridgehead atoms. The van der Waals surface area contributed by atoms with Gasteiger partial charge in [-0.2, -0.15) is 0 Å². The normalized spacial score (nSPS) is 17.5. The molecule has 1 aromatic carbocycles. The van der Waals surface area contributed by atoms with Gasteiger partial charge in [-0.05, 0) is 32.3 Å². The van der Waals surface area contributed by atoms with Gasteiger partial charge < -0.3 is 9.88 Å². The highest BCUT2D eigenvalue weighted by atomic mass is 16.2. The van der Waals surface area contributed by atoms with Gasteiger partial charge in [0.05, 0.1) is 12.5 Å². The number of likely N-dealkylation sites (tertiary alicyclic amines) is 1. The number of benzene rings is 1. The van der Waals surface area contributed by atoms with Gasteiger partial charge in [0, 0.05) is 18.3 Å². The highest BCUT2D eigenvalue weighted by Gasteiger charge is 2.31. The zero-order chi connectivity index (χ0) is 16.4. The monoisotopic (exact) mass is 311 g/mol. The van der Waals surface area contributed by atoms with Crippen molar-refractivity contribution >= 4 is 5.91 Å². The van der Waals surface area contributed by atoms with E-state index in [0.29, 0.717) is 24.5 Å². The van der Waals surface area contributed by atoms with Crippen LogP contribution in [0.5, 0.6) is 0 Å². The smallest absolute Gasteiger partial charge is 0.251 e. The van der Waals surface area contributed by atoms with Gasteiger partial charge in [-0.3, -0.25) is 9.59 Å². The predicted molar refractivity (Wildman–Crippen MR) is 88.2 cm³/mol. The van der Waals surface area contributed by atoms with Crippen molar-refractivity contribution in [1.82, 2.24) is 14.9 Å². The van der Waals surface area contributed by atoms with E-state index in [9.17, 15) is 9.59 Å². The van der Waals surface area contributed by atoms with Gasteiger partial charge >= 0.3 is 0 Å². The number of rotatable bonds is 3. The Morgan fingerprint density at radius 1 is 1.35 bits per heavy atom. The first-order chi connectivity index (χ1) is 11.0. The van der Waals surface area contributed by atoms with Crippen molar-refractivity contribution in [1.29, 1.82) is 0 Å². The quantitative estimate of drug-likeness (QED) is 0.946. The molecule has 1 fully saturated rings. The molecular formula is C18H21N3O2. The molecule has 5 heteroatoms. The van der Waals surface area contributed by atoms with Gasteiger partial charge in [-0.1, -0.05) is 29.8 Å². The Hall–Kier alpha value is -2.43. The summed E-state index contributed by atoms with van der Waals surface area (Å²) < 4.78 is 0. The summed E-state index contributed by atoms with van der Waals surface area (Å²) in [6, 6.07) is 9.35. The maximum absolute atomic E-state index is 12.7. The second kappa shape index (κ2) is 6.36. The van der Waals surface area contributed by atoms with Crippen molar-refractivity contribution in [3.63, 3.8) is 0 Å². The van der Waals surface area contributed by atoms with Crippen LogP contribution in [0.25, 0.3) is 0 Å². The lowest BCUT2D eigenvalue weighted by molar-refractivity contribution is -0.131. The van der Waals surface area contributed by atoms with E-state index < -0.39 is 0 Å². The summed E-state index contributed by atoms with van der Waals surface area (Å²) in [7, 11) is 0. The topological polar surface area (TPSA) is 66.1 Å². The Bertz CT molecular complexity index is 782. The number of hydrogen-bond donors (Lipinski definition) is 1. The third-order valence-corrected chi connectivity index (χ3v) is 4.21. The first-order valence-corrected chi connectivity index (χ1v) is 7.96. The highest BCUT2D eigenvalue weighted by molar-refractivity contribution is 5.79. The number of carbonyl (C=O) groups excluding carboxylic acids is 1. The molecule has 2 heterocycles. The van der Waals surface area contributed by atoms with Crippen LogP contribution < -0.4 is 5.56 Å². The lowest BCUT2D eigenvalue weighted by atomic mass is 10.1. The van der Waals surface area contributed by atoms with Crippen molar-refractivity contribution in [2.75, 3.05) is 6.54 Å². The number of nitrogens with zero attached hydrogens (tertiary/aromatic N) is 2. The fourth-order valence-corrected chi connectivity index (χ4v) is 3.21. The highest BCUT2D eigenvalue weighted by Crippen LogP contribution is 2.30. The molecule has 1 amide bonds. The Kier molecular flexibility index (Phi) is 4.28. The zero-order valence-corrected chi connectivity index (χ0v) is 13.5. The largest absolute Gasteiger partial charge is 0.332 e. The van der Waals surface area contributed by atoms with Crippen LogP contribution in [0.1, 0.15) is 41.5 Å². The second-order valence-electron chi connectivity index (χ2n) is 6.18. The Balaban J connectivity index is 1.80. The predicted octanol–water partition coefficient (Wildman–Crippen LogP) is 2.29. The Morgan fingerprint density at radius 2 is 2.17 bits per heavy atom. The molecule has 23 heavy (non-hydrogen) atoms. The van der Waals surface area contributed by atoms with Gasteiger partial charge in [-0.15, -0.1) is 0 Å². The van der Waals surface area contributed by atoms with Gasteiger partial charge in [0.1, 0.15) is 5.82 Å². The zero-order valence-electron chi connectivity index (χ0n) is 13.5. The molecule has 1 saturated heterocycles. The molecule has 0 radical (unpaired) electrons. The van der Waals surface area contributed by atoms with E-state index in [-0.39, 0.29) is 17.5 Å². The van der Waals surface area contributed by atoms with Crippen LogP contribution in [0.4, 0.5) is 0 Å². The standard InChI is InChI=1S/C18H21N3O2/c1-12-5-3-6-14(9-12)11-17(23)21-8-4-7-15(21)18-19-13(2)10-16(22)20-18/h3,5-6,9-10,15H,4,7-8,11H2,1-2H3,(H,19,20,22). The fourth-order valence-electron chi connectivity index (χ4n) is 3.21. The van der Waals surface area contributed by atoms with Crippen LogP contribution >= 0.6 is 0 Å². The fraction of sp³-hybridized carbons (Fsp3) is 0.389. The molecule has 1 aliphatic rings. The number of carbonyl (C=O) groups is 1. The summed E-state index contributed by atoms with van der Waals surface area (Å²) in [5, 5.41) is 0. The molecule has 1 unspecified atom stereocenters. The van der Waals surface area contributed by atoms with E-state index in [2.05, 4.69) is 9.97 Å². The molecule has 5 nitrogen and oxygen atoms in total. The molecule has 1 N–H and O–H groups in total. The summed E-state index contributed by atoms with van der Waals surface area (Å²) in [6.07, 6.45) is 2.15. The molecule has 3 rings (SSSR count). The van der Waals surface area contributed by atoms with E-state index in [4.69, 9.17) is 0 Å². The number of aromatic amines is 1. The maximum atomic E-state index is 12.7. The lowest BCUT2D eigenvalue weighted by Gasteiger charge is -2.24. The van der Waals surface area contributed by atoms with Crippen LogP contribution in [-0.2, 0) is 11.2 Å². The van der Waals surface area contributed by atoms with Crippen LogP contribution in [0.3, 0.4) is 0 Å². The molecule has 120 valence electrons. The first-order valence-electron chi connectivity index (χ1n) is 7.96. The van der Waals surface area contributed by atoms with E-state index in [0.717, 1.165) is 24.0 Å². The lowest BCUT2D eigenvalue weighted by Crippen LogP contribution is -2.33. The molecule has 1 atom stereocenters. The van der Waals surface area contributed by atoms with E-state index in [1.165, 1.54) is 6.07 Å². The third kappa shape index (κ3) is 3.50. The number of aromatic nitrogens is 2. The van der Waals surface area contributed by atoms with Crippen molar-refractivity contribution < 1.29 is 4.79 Å². The SMILES string of the molecule is Cc1cccc(CC(=O)N2CCCC2c2nc(C)cc(=O)[nH]2)c1. The molecule has 0 saturated carbocycles. The van der Waals surface area contributed by atoms with Crippen molar-refractivity contribution in [3.8, 4) is 0 Å². The molecule has 1 aromatic heterocycles. The summed E-state index contributed by atoms with van der Waals surface area (Å²) in [5.41, 5.74) is 2.69. The summed E-state index contributed by atoms with van der Waals surface area (Å²) >= 11 is 0. The van der Waals surface area contributed by atoms with E-state index in [1.807, 2.05) is 36.1 Å². The summed E-state index contributed by atoms with van der Waals surface area (Å²) in [6.45, 7) is 4.54. The van der Waals surface area contributed by atoms with Crippen LogP contribution in [-0.4, -0.2) is 27.3 Å². The molecule has 1 aliphatic heterocycles. The second-order valence-corrected chi connectivity index (χ2v) is 6.18. The number of H-pyrrole nitrogens is 1. The van der Waals surface area contributed by atoms with Crippen LogP contribution in [0.15, 0.2) is 35.1 Å². The minimum absolute atomic E-state index is 0.0854. The summed E-state index contributed by atoms with van der Waals surface area (Å²) in [4.78, 5) is 33.4. The van der Waals surface area contributed by atoms with Crippen molar-refractivity contribution in [2.24, 2.45) is 0 Å². The van der Waals surface area contributed by atoms with Gasteiger partial charge in [0.25, 0.3) is 5.56 Å². The number of nitrogens with one attached hydrogen (secondary N) is 1. The molecule has 2 aromatic rings.